The maximum absolute atomic E-state index is 13.1. The van der Waals surface area contributed by atoms with E-state index in [0.717, 1.165) is 0 Å². The lowest BCUT2D eigenvalue weighted by molar-refractivity contribution is -0.143. The molecule has 1 rings (SSSR count). The third-order valence-electron chi connectivity index (χ3n) is 5.22. The van der Waals surface area contributed by atoms with Gasteiger partial charge in [0.2, 0.25) is 23.6 Å². The monoisotopic (exact) mass is 554 g/mol. The first-order chi connectivity index (χ1) is 18.3. The molecule has 4 amide bonds. The fraction of sp³-hybridized carbons (Fsp3) is 0.524. The number of aliphatic imine (C=N–C) groups is 1. The largest absolute Gasteiger partial charge is 0.481 e. The van der Waals surface area contributed by atoms with Crippen LogP contribution in [0.15, 0.2) is 17.5 Å². The minimum atomic E-state index is -1.67. The number of carboxylic acid groups (broad SMARTS) is 2. The molecule has 0 saturated heterocycles. The van der Waals surface area contributed by atoms with Gasteiger partial charge in [0.15, 0.2) is 5.96 Å². The fourth-order valence-corrected chi connectivity index (χ4v) is 3.24. The van der Waals surface area contributed by atoms with E-state index in [2.05, 4.69) is 30.9 Å². The average Bonchev–Trinajstić information content (AvgIpc) is 3.35. The maximum atomic E-state index is 13.1. The van der Waals surface area contributed by atoms with E-state index < -0.39 is 72.6 Å². The van der Waals surface area contributed by atoms with Gasteiger partial charge in [0.05, 0.1) is 18.8 Å². The SMILES string of the molecule is NC(=O)CC(NC(=O)C(Cc1cnc[nH]1)NC(=O)C(CCC(=O)O)NC(=O)C(N)CCCN=C(N)N)C(=O)O. The molecule has 1 heterocycles. The molecule has 0 aliphatic heterocycles. The number of nitrogens with two attached hydrogens (primary N) is 4. The number of imidazole rings is 1. The highest BCUT2D eigenvalue weighted by Gasteiger charge is 2.31. The molecule has 0 fully saturated rings. The van der Waals surface area contributed by atoms with E-state index in [1.807, 2.05) is 0 Å². The molecule has 0 spiro atoms. The van der Waals surface area contributed by atoms with Crippen LogP contribution in [0, 0.1) is 0 Å². The molecule has 216 valence electrons. The Labute approximate surface area is 222 Å². The predicted octanol–water partition coefficient (Wildman–Crippen LogP) is -4.39. The van der Waals surface area contributed by atoms with Crippen molar-refractivity contribution in [3.05, 3.63) is 18.2 Å². The number of primary amides is 1. The molecule has 0 radical (unpaired) electrons. The first-order valence-corrected chi connectivity index (χ1v) is 11.7. The van der Waals surface area contributed by atoms with Crippen molar-refractivity contribution < 1.29 is 39.0 Å². The van der Waals surface area contributed by atoms with Crippen molar-refractivity contribution in [1.29, 1.82) is 0 Å². The van der Waals surface area contributed by atoms with Gasteiger partial charge in [0.25, 0.3) is 0 Å². The topological polar surface area (TPSA) is 324 Å². The molecular weight excluding hydrogens is 520 g/mol. The summed E-state index contributed by atoms with van der Waals surface area (Å²) in [6.45, 7) is 0.212. The second-order valence-corrected chi connectivity index (χ2v) is 8.46. The van der Waals surface area contributed by atoms with Crippen molar-refractivity contribution in [2.75, 3.05) is 6.54 Å². The second-order valence-electron chi connectivity index (χ2n) is 8.46. The summed E-state index contributed by atoms with van der Waals surface area (Å²) in [5.74, 6) is -6.56. The quantitative estimate of drug-likeness (QED) is 0.0467. The van der Waals surface area contributed by atoms with E-state index in [1.54, 1.807) is 0 Å². The van der Waals surface area contributed by atoms with Crippen LogP contribution in [0.2, 0.25) is 0 Å². The van der Waals surface area contributed by atoms with Gasteiger partial charge < -0.3 is 54.1 Å². The summed E-state index contributed by atoms with van der Waals surface area (Å²) in [5, 5.41) is 25.3. The van der Waals surface area contributed by atoms with E-state index in [1.165, 1.54) is 12.5 Å². The number of nitrogens with one attached hydrogen (secondary N) is 4. The van der Waals surface area contributed by atoms with Gasteiger partial charge >= 0.3 is 11.9 Å². The molecule has 0 bridgehead atoms. The summed E-state index contributed by atoms with van der Waals surface area (Å²) in [5.41, 5.74) is 21.7. The molecule has 4 unspecified atom stereocenters. The second kappa shape index (κ2) is 16.2. The zero-order valence-electron chi connectivity index (χ0n) is 21.0. The van der Waals surface area contributed by atoms with Crippen molar-refractivity contribution >= 4 is 41.5 Å². The number of rotatable bonds is 18. The lowest BCUT2D eigenvalue weighted by Crippen LogP contribution is -2.58. The Balaban J connectivity index is 3.03. The zero-order valence-corrected chi connectivity index (χ0v) is 21.0. The first kappa shape index (κ1) is 32.3. The molecule has 4 atom stereocenters. The number of carboxylic acids is 2. The molecule has 18 nitrogen and oxygen atoms in total. The number of aliphatic carboxylic acids is 2. The summed E-state index contributed by atoms with van der Waals surface area (Å²) in [7, 11) is 0. The molecule has 0 aromatic carbocycles. The van der Waals surface area contributed by atoms with Crippen LogP contribution in [0.3, 0.4) is 0 Å². The number of guanidine groups is 1. The van der Waals surface area contributed by atoms with E-state index in [-0.39, 0.29) is 31.8 Å². The Hall–Kier alpha value is -4.74. The number of aromatic amines is 1. The Kier molecular flexibility index (Phi) is 13.4. The van der Waals surface area contributed by atoms with Crippen LogP contribution in [-0.4, -0.2) is 92.4 Å². The molecule has 18 heteroatoms. The molecule has 0 aliphatic carbocycles. The summed E-state index contributed by atoms with van der Waals surface area (Å²) in [6, 6.07) is -5.57. The highest BCUT2D eigenvalue weighted by atomic mass is 16.4. The van der Waals surface area contributed by atoms with Crippen molar-refractivity contribution in [2.24, 2.45) is 27.9 Å². The third-order valence-corrected chi connectivity index (χ3v) is 5.22. The highest BCUT2D eigenvalue weighted by Crippen LogP contribution is 2.06. The first-order valence-electron chi connectivity index (χ1n) is 11.7. The van der Waals surface area contributed by atoms with Gasteiger partial charge in [0, 0.05) is 31.3 Å². The number of carbonyl (C=O) groups excluding carboxylic acids is 4. The van der Waals surface area contributed by atoms with Gasteiger partial charge in [-0.05, 0) is 19.3 Å². The Morgan fingerprint density at radius 3 is 2.08 bits per heavy atom. The van der Waals surface area contributed by atoms with E-state index in [0.29, 0.717) is 12.1 Å². The molecule has 1 aromatic heterocycles. The van der Waals surface area contributed by atoms with Gasteiger partial charge in [-0.15, -0.1) is 0 Å². The van der Waals surface area contributed by atoms with Crippen LogP contribution >= 0.6 is 0 Å². The number of H-pyrrole nitrogens is 1. The fourth-order valence-electron chi connectivity index (χ4n) is 3.24. The van der Waals surface area contributed by atoms with Crippen molar-refractivity contribution in [3.63, 3.8) is 0 Å². The van der Waals surface area contributed by atoms with Crippen LogP contribution in [0.4, 0.5) is 0 Å². The number of amides is 4. The van der Waals surface area contributed by atoms with Crippen LogP contribution < -0.4 is 38.9 Å². The zero-order chi connectivity index (χ0) is 29.5. The number of aromatic nitrogens is 2. The molecule has 0 saturated carbocycles. The Bertz CT molecular complexity index is 1040. The van der Waals surface area contributed by atoms with Crippen LogP contribution in [0.5, 0.6) is 0 Å². The highest BCUT2D eigenvalue weighted by molar-refractivity contribution is 5.95. The molecule has 1 aromatic rings. The average molecular weight is 555 g/mol. The van der Waals surface area contributed by atoms with Crippen molar-refractivity contribution in [3.8, 4) is 0 Å². The lowest BCUT2D eigenvalue weighted by Gasteiger charge is -2.24. The van der Waals surface area contributed by atoms with Gasteiger partial charge in [-0.1, -0.05) is 0 Å². The molecule has 39 heavy (non-hydrogen) atoms. The molecule has 0 aliphatic rings. The maximum Gasteiger partial charge on any atom is 0.326 e. The number of nitrogens with zero attached hydrogens (tertiary/aromatic N) is 2. The Morgan fingerprint density at radius 2 is 1.54 bits per heavy atom. The van der Waals surface area contributed by atoms with Gasteiger partial charge in [-0.3, -0.25) is 29.0 Å². The Morgan fingerprint density at radius 1 is 0.923 bits per heavy atom. The number of carbonyl (C=O) groups is 6. The van der Waals surface area contributed by atoms with Crippen LogP contribution in [0.25, 0.3) is 0 Å². The van der Waals surface area contributed by atoms with E-state index in [9.17, 15) is 33.9 Å². The molecule has 14 N–H and O–H groups in total. The summed E-state index contributed by atoms with van der Waals surface area (Å²) in [6.07, 6.45) is 1.42. The summed E-state index contributed by atoms with van der Waals surface area (Å²) < 4.78 is 0. The number of hydrogen-bond donors (Lipinski definition) is 10. The predicted molar refractivity (Wildman–Crippen MR) is 134 cm³/mol. The lowest BCUT2D eigenvalue weighted by atomic mass is 10.1. The minimum absolute atomic E-state index is 0.128. The van der Waals surface area contributed by atoms with Crippen molar-refractivity contribution in [1.82, 2.24) is 25.9 Å². The van der Waals surface area contributed by atoms with Gasteiger partial charge in [0.1, 0.15) is 18.1 Å². The van der Waals surface area contributed by atoms with E-state index in [4.69, 9.17) is 28.0 Å². The molecular formula is C21H34N10O8. The minimum Gasteiger partial charge on any atom is -0.481 e. The van der Waals surface area contributed by atoms with Gasteiger partial charge in [-0.25, -0.2) is 9.78 Å². The standard InChI is InChI=1S/C21H34N10O8/c22-11(2-1-5-27-21(24)25)17(35)29-12(3-4-16(33)34)18(36)30-13(6-10-8-26-9-28-10)19(37)31-14(20(38)39)7-15(23)32/h8-9,11-14H,1-7,22H2,(H2,23,32)(H,26,28)(H,29,35)(H,30,36)(H,31,37)(H,33,34)(H,38,39)(H4,24,25,27). The number of hydrogen-bond acceptors (Lipinski definition) is 9. The van der Waals surface area contributed by atoms with E-state index >= 15 is 0 Å². The van der Waals surface area contributed by atoms with Crippen molar-refractivity contribution in [2.45, 2.75) is 62.7 Å². The summed E-state index contributed by atoms with van der Waals surface area (Å²) in [4.78, 5) is 82.6. The van der Waals surface area contributed by atoms with Crippen LogP contribution in [0.1, 0.15) is 37.8 Å². The smallest absolute Gasteiger partial charge is 0.326 e. The summed E-state index contributed by atoms with van der Waals surface area (Å²) >= 11 is 0. The van der Waals surface area contributed by atoms with Crippen LogP contribution in [-0.2, 0) is 35.2 Å². The normalized spacial score (nSPS) is 13.7. The third kappa shape index (κ3) is 12.9. The van der Waals surface area contributed by atoms with Gasteiger partial charge in [-0.2, -0.15) is 0 Å².